The fourth-order valence-corrected chi connectivity index (χ4v) is 1.77. The molecule has 0 amide bonds. The first kappa shape index (κ1) is 7.73. The standard InChI is InChI=1S/C8H14N4/c1-6-10-8-4-2-3-7(5-9)12(8)11-6/h7H,2-5,9H2,1H3. The van der Waals surface area contributed by atoms with E-state index in [0.29, 0.717) is 12.6 Å². The molecular formula is C8H14N4. The SMILES string of the molecule is Cc1nc2n(n1)C(CN)CCC2. The first-order chi connectivity index (χ1) is 5.81. The van der Waals surface area contributed by atoms with Crippen LogP contribution in [0.5, 0.6) is 0 Å². The molecule has 1 unspecified atom stereocenters. The summed E-state index contributed by atoms with van der Waals surface area (Å²) in [4.78, 5) is 4.35. The Balaban J connectivity index is 2.36. The zero-order chi connectivity index (χ0) is 8.55. The second-order valence-corrected chi connectivity index (χ2v) is 3.30. The molecule has 0 aromatic carbocycles. The van der Waals surface area contributed by atoms with Gasteiger partial charge in [0.05, 0.1) is 6.04 Å². The van der Waals surface area contributed by atoms with Gasteiger partial charge in [0.15, 0.2) is 0 Å². The normalized spacial score (nSPS) is 22.3. The Kier molecular flexibility index (Phi) is 1.84. The summed E-state index contributed by atoms with van der Waals surface area (Å²) >= 11 is 0. The second-order valence-electron chi connectivity index (χ2n) is 3.30. The van der Waals surface area contributed by atoms with E-state index in [-0.39, 0.29) is 0 Å². The molecule has 0 fully saturated rings. The third kappa shape index (κ3) is 1.12. The van der Waals surface area contributed by atoms with Crippen molar-refractivity contribution in [1.82, 2.24) is 14.8 Å². The van der Waals surface area contributed by atoms with Gasteiger partial charge in [0, 0.05) is 13.0 Å². The highest BCUT2D eigenvalue weighted by Gasteiger charge is 2.20. The summed E-state index contributed by atoms with van der Waals surface area (Å²) < 4.78 is 2.00. The van der Waals surface area contributed by atoms with E-state index in [9.17, 15) is 0 Å². The van der Waals surface area contributed by atoms with Crippen molar-refractivity contribution in [3.8, 4) is 0 Å². The number of nitrogens with zero attached hydrogens (tertiary/aromatic N) is 3. The average Bonchev–Trinajstić information content (AvgIpc) is 2.44. The molecule has 1 aromatic heterocycles. The summed E-state index contributed by atoms with van der Waals surface area (Å²) in [6.45, 7) is 2.61. The Morgan fingerprint density at radius 3 is 3.25 bits per heavy atom. The summed E-state index contributed by atoms with van der Waals surface area (Å²) in [5, 5.41) is 4.33. The van der Waals surface area contributed by atoms with Gasteiger partial charge in [-0.05, 0) is 19.8 Å². The third-order valence-electron chi connectivity index (χ3n) is 2.36. The van der Waals surface area contributed by atoms with Gasteiger partial charge < -0.3 is 5.73 Å². The molecule has 2 N–H and O–H groups in total. The Bertz CT molecular complexity index is 279. The van der Waals surface area contributed by atoms with Crippen LogP contribution >= 0.6 is 0 Å². The van der Waals surface area contributed by atoms with Crippen molar-refractivity contribution < 1.29 is 0 Å². The van der Waals surface area contributed by atoms with Crippen LogP contribution in [0.1, 0.15) is 30.5 Å². The second kappa shape index (κ2) is 2.86. The molecule has 2 heterocycles. The minimum absolute atomic E-state index is 0.384. The molecule has 0 saturated carbocycles. The number of fused-ring (bicyclic) bond motifs is 1. The molecule has 1 aromatic rings. The molecule has 1 atom stereocenters. The molecule has 1 aliphatic rings. The van der Waals surface area contributed by atoms with Gasteiger partial charge in [0.25, 0.3) is 0 Å². The highest BCUT2D eigenvalue weighted by atomic mass is 15.4. The van der Waals surface area contributed by atoms with Crippen molar-refractivity contribution >= 4 is 0 Å². The van der Waals surface area contributed by atoms with E-state index in [1.807, 2.05) is 11.6 Å². The Hall–Kier alpha value is -0.900. The molecule has 0 bridgehead atoms. The van der Waals surface area contributed by atoms with Crippen molar-refractivity contribution in [3.05, 3.63) is 11.6 Å². The molecule has 0 spiro atoms. The topological polar surface area (TPSA) is 56.7 Å². The first-order valence-corrected chi connectivity index (χ1v) is 4.43. The number of aromatic nitrogens is 3. The lowest BCUT2D eigenvalue weighted by Crippen LogP contribution is -2.25. The number of hydrogen-bond acceptors (Lipinski definition) is 3. The highest BCUT2D eigenvalue weighted by molar-refractivity contribution is 4.97. The summed E-state index contributed by atoms with van der Waals surface area (Å²) in [5.41, 5.74) is 5.64. The zero-order valence-corrected chi connectivity index (χ0v) is 7.32. The van der Waals surface area contributed by atoms with Gasteiger partial charge in [0.1, 0.15) is 11.6 Å². The van der Waals surface area contributed by atoms with E-state index in [1.165, 1.54) is 6.42 Å². The van der Waals surface area contributed by atoms with Crippen LogP contribution in [-0.2, 0) is 6.42 Å². The van der Waals surface area contributed by atoms with E-state index in [4.69, 9.17) is 5.73 Å². The largest absolute Gasteiger partial charge is 0.328 e. The lowest BCUT2D eigenvalue weighted by atomic mass is 10.1. The maximum Gasteiger partial charge on any atom is 0.147 e. The highest BCUT2D eigenvalue weighted by Crippen LogP contribution is 2.21. The van der Waals surface area contributed by atoms with Crippen molar-refractivity contribution in [2.75, 3.05) is 6.54 Å². The molecular weight excluding hydrogens is 152 g/mol. The summed E-state index contributed by atoms with van der Waals surface area (Å²) in [6, 6.07) is 0.384. The van der Waals surface area contributed by atoms with Crippen molar-refractivity contribution in [2.45, 2.75) is 32.2 Å². The molecule has 4 heteroatoms. The first-order valence-electron chi connectivity index (χ1n) is 4.43. The smallest absolute Gasteiger partial charge is 0.147 e. The van der Waals surface area contributed by atoms with Gasteiger partial charge >= 0.3 is 0 Å². The Labute approximate surface area is 71.8 Å². The van der Waals surface area contributed by atoms with E-state index in [1.54, 1.807) is 0 Å². The van der Waals surface area contributed by atoms with Gasteiger partial charge in [0.2, 0.25) is 0 Å². The van der Waals surface area contributed by atoms with Crippen LogP contribution in [0.15, 0.2) is 0 Å². The lowest BCUT2D eigenvalue weighted by molar-refractivity contribution is 0.369. The lowest BCUT2D eigenvalue weighted by Gasteiger charge is -2.21. The van der Waals surface area contributed by atoms with Crippen LogP contribution in [0.2, 0.25) is 0 Å². The van der Waals surface area contributed by atoms with Gasteiger partial charge in [-0.25, -0.2) is 9.67 Å². The van der Waals surface area contributed by atoms with E-state index in [2.05, 4.69) is 10.1 Å². The van der Waals surface area contributed by atoms with Gasteiger partial charge in [-0.15, -0.1) is 0 Å². The minimum Gasteiger partial charge on any atom is -0.328 e. The minimum atomic E-state index is 0.384. The van der Waals surface area contributed by atoms with Gasteiger partial charge in [-0.1, -0.05) is 0 Å². The Morgan fingerprint density at radius 1 is 1.67 bits per heavy atom. The van der Waals surface area contributed by atoms with Crippen molar-refractivity contribution in [3.63, 3.8) is 0 Å². The predicted octanol–water partition coefficient (Wildman–Crippen LogP) is 0.423. The van der Waals surface area contributed by atoms with Crippen LogP contribution < -0.4 is 5.73 Å². The quantitative estimate of drug-likeness (QED) is 0.658. The number of nitrogens with two attached hydrogens (primary N) is 1. The zero-order valence-electron chi connectivity index (χ0n) is 7.32. The molecule has 1 aliphatic heterocycles. The molecule has 0 saturated heterocycles. The monoisotopic (exact) mass is 166 g/mol. The number of rotatable bonds is 1. The van der Waals surface area contributed by atoms with Crippen LogP contribution in [0.3, 0.4) is 0 Å². The van der Waals surface area contributed by atoms with Gasteiger partial charge in [-0.3, -0.25) is 0 Å². The van der Waals surface area contributed by atoms with Gasteiger partial charge in [-0.2, -0.15) is 5.10 Å². The van der Waals surface area contributed by atoms with Crippen LogP contribution in [0, 0.1) is 6.92 Å². The predicted molar refractivity (Wildman–Crippen MR) is 45.8 cm³/mol. The van der Waals surface area contributed by atoms with E-state index < -0.39 is 0 Å². The average molecular weight is 166 g/mol. The number of aryl methyl sites for hydroxylation is 2. The fourth-order valence-electron chi connectivity index (χ4n) is 1.77. The molecule has 0 aliphatic carbocycles. The van der Waals surface area contributed by atoms with Crippen molar-refractivity contribution in [2.24, 2.45) is 5.73 Å². The molecule has 66 valence electrons. The Morgan fingerprint density at radius 2 is 2.50 bits per heavy atom. The third-order valence-corrected chi connectivity index (χ3v) is 2.36. The number of hydrogen-bond donors (Lipinski definition) is 1. The summed E-state index contributed by atoms with van der Waals surface area (Å²) in [7, 11) is 0. The summed E-state index contributed by atoms with van der Waals surface area (Å²) in [6.07, 6.45) is 3.39. The van der Waals surface area contributed by atoms with Crippen molar-refractivity contribution in [1.29, 1.82) is 0 Å². The van der Waals surface area contributed by atoms with E-state index >= 15 is 0 Å². The van der Waals surface area contributed by atoms with Crippen LogP contribution in [0.4, 0.5) is 0 Å². The maximum atomic E-state index is 5.64. The molecule has 2 rings (SSSR count). The molecule has 12 heavy (non-hydrogen) atoms. The molecule has 4 nitrogen and oxygen atoms in total. The maximum absolute atomic E-state index is 5.64. The molecule has 0 radical (unpaired) electrons. The summed E-state index contributed by atoms with van der Waals surface area (Å²) in [5.74, 6) is 1.97. The van der Waals surface area contributed by atoms with Crippen LogP contribution in [0.25, 0.3) is 0 Å². The van der Waals surface area contributed by atoms with Crippen LogP contribution in [-0.4, -0.2) is 21.3 Å². The fraction of sp³-hybridized carbons (Fsp3) is 0.750. The van der Waals surface area contributed by atoms with E-state index in [0.717, 1.165) is 24.5 Å².